The molecule has 0 spiro atoms. The average molecular weight is 635 g/mol. The lowest BCUT2D eigenvalue weighted by atomic mass is 10.0. The molecule has 1 atom stereocenters. The summed E-state index contributed by atoms with van der Waals surface area (Å²) in [5.74, 6) is 0.272. The molecule has 2 N–H and O–H groups in total. The Bertz CT molecular complexity index is 1670. The van der Waals surface area contributed by atoms with Crippen molar-refractivity contribution in [1.29, 1.82) is 0 Å². The normalized spacial score (nSPS) is 16.4. The van der Waals surface area contributed by atoms with Crippen LogP contribution in [-0.2, 0) is 6.54 Å². The number of hydrogen-bond donors (Lipinski definition) is 2. The molecule has 4 heterocycles. The molecule has 1 amide bonds. The number of aromatic nitrogens is 3. The molecule has 230 valence electrons. The van der Waals surface area contributed by atoms with Crippen molar-refractivity contribution >= 4 is 46.4 Å². The van der Waals surface area contributed by atoms with E-state index in [0.717, 1.165) is 59.9 Å². The number of fused-ring (bicyclic) bond motifs is 1. The Balaban J connectivity index is 1.20. The van der Waals surface area contributed by atoms with Gasteiger partial charge in [-0.3, -0.25) is 9.69 Å². The van der Waals surface area contributed by atoms with Crippen LogP contribution in [-0.4, -0.2) is 80.7 Å². The molecule has 2 aliphatic heterocycles. The minimum absolute atomic E-state index is 0.149. The van der Waals surface area contributed by atoms with E-state index in [-0.39, 0.29) is 12.5 Å². The first-order chi connectivity index (χ1) is 21.2. The fourth-order valence-corrected chi connectivity index (χ4v) is 6.50. The molecule has 1 fully saturated rings. The number of piperazine rings is 1. The van der Waals surface area contributed by atoms with E-state index in [1.807, 2.05) is 48.0 Å². The lowest BCUT2D eigenvalue weighted by Crippen LogP contribution is -2.48. The minimum atomic E-state index is -0.481. The van der Waals surface area contributed by atoms with Crippen LogP contribution in [0.15, 0.2) is 60.9 Å². The van der Waals surface area contributed by atoms with Gasteiger partial charge in [-0.05, 0) is 68.3 Å². The van der Waals surface area contributed by atoms with Crippen LogP contribution in [0.1, 0.15) is 41.5 Å². The molecule has 4 aromatic rings. The van der Waals surface area contributed by atoms with Crippen LogP contribution in [0.3, 0.4) is 0 Å². The summed E-state index contributed by atoms with van der Waals surface area (Å²) in [4.78, 5) is 29.5. The SMILES string of the molecule is Cc1cnc(Nc2ccc(N3CCN(C(C)C)CC3)cc2Cl)nc1-c1cc2n(c1)CCN(C(CO)c1cccc(Cl)c1)C2=O. The van der Waals surface area contributed by atoms with Crippen molar-refractivity contribution < 1.29 is 9.90 Å². The summed E-state index contributed by atoms with van der Waals surface area (Å²) in [6, 6.07) is 15.3. The van der Waals surface area contributed by atoms with E-state index in [9.17, 15) is 9.90 Å². The Morgan fingerprint density at radius 2 is 1.80 bits per heavy atom. The monoisotopic (exact) mass is 633 g/mol. The van der Waals surface area contributed by atoms with Gasteiger partial charge in [0.25, 0.3) is 5.91 Å². The fourth-order valence-electron chi connectivity index (χ4n) is 6.08. The van der Waals surface area contributed by atoms with E-state index in [1.165, 1.54) is 0 Å². The molecule has 9 nitrogen and oxygen atoms in total. The van der Waals surface area contributed by atoms with E-state index >= 15 is 0 Å². The van der Waals surface area contributed by atoms with E-state index in [1.54, 1.807) is 23.2 Å². The number of carbonyl (C=O) groups excluding carboxylic acids is 1. The van der Waals surface area contributed by atoms with Gasteiger partial charge in [0.15, 0.2) is 0 Å². The maximum atomic E-state index is 13.6. The number of aliphatic hydroxyl groups excluding tert-OH is 1. The second kappa shape index (κ2) is 12.8. The lowest BCUT2D eigenvalue weighted by molar-refractivity contribution is 0.0526. The van der Waals surface area contributed by atoms with E-state index < -0.39 is 6.04 Å². The predicted molar refractivity (Wildman–Crippen MR) is 176 cm³/mol. The van der Waals surface area contributed by atoms with Crippen molar-refractivity contribution in [3.8, 4) is 11.3 Å². The van der Waals surface area contributed by atoms with Gasteiger partial charge in [-0.2, -0.15) is 0 Å². The summed E-state index contributed by atoms with van der Waals surface area (Å²) >= 11 is 12.9. The highest BCUT2D eigenvalue weighted by Gasteiger charge is 2.32. The van der Waals surface area contributed by atoms with Gasteiger partial charge in [-0.15, -0.1) is 0 Å². The summed E-state index contributed by atoms with van der Waals surface area (Å²) in [5.41, 5.74) is 5.62. The van der Waals surface area contributed by atoms with Gasteiger partial charge in [0, 0.05) is 74.0 Å². The molecular formula is C33H37Cl2N7O2. The molecule has 6 rings (SSSR count). The lowest BCUT2D eigenvalue weighted by Gasteiger charge is -2.38. The highest BCUT2D eigenvalue weighted by atomic mass is 35.5. The maximum absolute atomic E-state index is 13.6. The summed E-state index contributed by atoms with van der Waals surface area (Å²) in [5, 5.41) is 14.7. The number of rotatable bonds is 8. The topological polar surface area (TPSA) is 89.8 Å². The Morgan fingerprint density at radius 1 is 1.00 bits per heavy atom. The van der Waals surface area contributed by atoms with Gasteiger partial charge < -0.3 is 24.8 Å². The molecule has 2 aromatic carbocycles. The van der Waals surface area contributed by atoms with Crippen LogP contribution < -0.4 is 10.2 Å². The molecule has 2 aromatic heterocycles. The van der Waals surface area contributed by atoms with Crippen LogP contribution in [0, 0.1) is 6.92 Å². The van der Waals surface area contributed by atoms with E-state index in [2.05, 4.69) is 40.0 Å². The summed E-state index contributed by atoms with van der Waals surface area (Å²) in [6.45, 7) is 11.3. The molecule has 1 saturated heterocycles. The van der Waals surface area contributed by atoms with Crippen LogP contribution >= 0.6 is 23.2 Å². The third-order valence-corrected chi connectivity index (χ3v) is 9.14. The number of hydrogen-bond acceptors (Lipinski definition) is 7. The van der Waals surface area contributed by atoms with Gasteiger partial charge in [0.05, 0.1) is 29.1 Å². The van der Waals surface area contributed by atoms with Crippen LogP contribution in [0.2, 0.25) is 10.0 Å². The highest BCUT2D eigenvalue weighted by Crippen LogP contribution is 2.33. The molecule has 0 bridgehead atoms. The maximum Gasteiger partial charge on any atom is 0.271 e. The Hall–Kier alpha value is -3.63. The van der Waals surface area contributed by atoms with Crippen LogP contribution in [0.25, 0.3) is 11.3 Å². The zero-order valence-corrected chi connectivity index (χ0v) is 26.7. The van der Waals surface area contributed by atoms with Gasteiger partial charge in [-0.25, -0.2) is 9.97 Å². The summed E-state index contributed by atoms with van der Waals surface area (Å²) in [6.07, 6.45) is 3.73. The first-order valence-corrected chi connectivity index (χ1v) is 15.7. The smallest absolute Gasteiger partial charge is 0.271 e. The number of aryl methyl sites for hydroxylation is 1. The average Bonchev–Trinajstić information content (AvgIpc) is 3.46. The zero-order chi connectivity index (χ0) is 31.0. The number of halogens is 2. The first-order valence-electron chi connectivity index (χ1n) is 15.0. The number of aliphatic hydroxyl groups is 1. The van der Waals surface area contributed by atoms with Crippen LogP contribution in [0.5, 0.6) is 0 Å². The standard InChI is InChI=1S/C33H37Cl2N7O2/c1-21(2)39-9-11-40(12-10-39)26-7-8-28(27(35)17-26)37-33-36-18-22(3)31(38-33)24-16-29-32(44)42(14-13-41(29)19-24)30(20-43)23-5-4-6-25(34)15-23/h4-8,15-19,21,30,43H,9-14,20H2,1-3H3,(H,36,37,38). The van der Waals surface area contributed by atoms with E-state index in [4.69, 9.17) is 28.2 Å². The largest absolute Gasteiger partial charge is 0.394 e. The van der Waals surface area contributed by atoms with Crippen molar-refractivity contribution in [2.75, 3.05) is 49.5 Å². The number of nitrogens with zero attached hydrogens (tertiary/aromatic N) is 6. The quantitative estimate of drug-likeness (QED) is 0.245. The summed E-state index contributed by atoms with van der Waals surface area (Å²) < 4.78 is 1.95. The number of carbonyl (C=O) groups is 1. The molecule has 44 heavy (non-hydrogen) atoms. The van der Waals surface area contributed by atoms with E-state index in [0.29, 0.717) is 40.8 Å². The van der Waals surface area contributed by atoms with Crippen molar-refractivity contribution in [2.45, 2.75) is 39.4 Å². The molecular weight excluding hydrogens is 597 g/mol. The Labute approximate surface area is 268 Å². The Morgan fingerprint density at radius 3 is 2.50 bits per heavy atom. The third-order valence-electron chi connectivity index (χ3n) is 8.59. The second-order valence-electron chi connectivity index (χ2n) is 11.7. The number of nitrogens with one attached hydrogen (secondary N) is 1. The number of anilines is 3. The van der Waals surface area contributed by atoms with Crippen molar-refractivity contribution in [2.24, 2.45) is 0 Å². The summed E-state index contributed by atoms with van der Waals surface area (Å²) in [7, 11) is 0. The first kappa shape index (κ1) is 30.4. The van der Waals surface area contributed by atoms with Crippen LogP contribution in [0.4, 0.5) is 17.3 Å². The molecule has 0 saturated carbocycles. The molecule has 0 aliphatic carbocycles. The second-order valence-corrected chi connectivity index (χ2v) is 12.5. The minimum Gasteiger partial charge on any atom is -0.394 e. The van der Waals surface area contributed by atoms with Crippen molar-refractivity contribution in [3.63, 3.8) is 0 Å². The van der Waals surface area contributed by atoms with Crippen molar-refractivity contribution in [3.05, 3.63) is 87.8 Å². The molecule has 2 aliphatic rings. The third kappa shape index (κ3) is 6.15. The highest BCUT2D eigenvalue weighted by molar-refractivity contribution is 6.33. The van der Waals surface area contributed by atoms with Crippen molar-refractivity contribution in [1.82, 2.24) is 24.3 Å². The van der Waals surface area contributed by atoms with Gasteiger partial charge in [0.2, 0.25) is 5.95 Å². The number of amides is 1. The zero-order valence-electron chi connectivity index (χ0n) is 25.2. The molecule has 11 heteroatoms. The Kier molecular flexibility index (Phi) is 8.82. The molecule has 1 unspecified atom stereocenters. The predicted octanol–water partition coefficient (Wildman–Crippen LogP) is 6.02. The number of benzene rings is 2. The van der Waals surface area contributed by atoms with Gasteiger partial charge in [0.1, 0.15) is 5.69 Å². The fraction of sp³-hybridized carbons (Fsp3) is 0.364. The van der Waals surface area contributed by atoms with Gasteiger partial charge in [-0.1, -0.05) is 35.3 Å². The van der Waals surface area contributed by atoms with Gasteiger partial charge >= 0.3 is 0 Å². The molecule has 0 radical (unpaired) electrons.